The third-order valence-electron chi connectivity index (χ3n) is 0.296. The summed E-state index contributed by atoms with van der Waals surface area (Å²) >= 11 is 2.50. The van der Waals surface area contributed by atoms with Gasteiger partial charge in [-0.3, -0.25) is 0 Å². The van der Waals surface area contributed by atoms with Gasteiger partial charge < -0.3 is 0 Å². The van der Waals surface area contributed by atoms with Gasteiger partial charge in [-0.25, -0.2) is 0 Å². The number of nitrogens with two attached hydrogens (primary N) is 2. The number of rotatable bonds is 1. The van der Waals surface area contributed by atoms with E-state index in [2.05, 4.69) is 32.1 Å². The summed E-state index contributed by atoms with van der Waals surface area (Å²) in [6.07, 6.45) is 0. The van der Waals surface area contributed by atoms with E-state index in [-0.39, 0.29) is 0 Å². The average Bonchev–Trinajstić information content (AvgIpc) is 1.68. The van der Waals surface area contributed by atoms with Crippen molar-refractivity contribution in [2.75, 3.05) is 0 Å². The first kappa shape index (κ1) is 6.71. The van der Waals surface area contributed by atoms with E-state index in [1.165, 1.54) is 0 Å². The van der Waals surface area contributed by atoms with Gasteiger partial charge in [0.2, 0.25) is 0 Å². The fraction of sp³-hybridized carbons (Fsp3) is 0. The molecular weight excluding hydrogens is 161 g/mol. The Balaban J connectivity index is 3.17. The summed E-state index contributed by atoms with van der Waals surface area (Å²) in [6, 6.07) is 0. The number of hydrazine groups is 2. The van der Waals surface area contributed by atoms with Crippen molar-refractivity contribution in [2.45, 2.75) is 0 Å². The van der Waals surface area contributed by atoms with Crippen molar-refractivity contribution in [3.8, 4) is 0 Å². The molecule has 0 aliphatic carbocycles. The molecule has 0 aromatic heterocycles. The molecule has 0 rings (SSSR count). The van der Waals surface area contributed by atoms with E-state index in [0.29, 0.717) is 4.73 Å². The summed E-state index contributed by atoms with van der Waals surface area (Å²) in [5.74, 6) is 9.54. The van der Waals surface area contributed by atoms with Crippen molar-refractivity contribution >= 4 is 20.7 Å². The number of nitrogens with zero attached hydrogens (tertiary/aromatic N) is 1. The zero-order valence-electron chi connectivity index (χ0n) is 3.51. The van der Waals surface area contributed by atoms with E-state index in [1.807, 2.05) is 0 Å². The predicted octanol–water partition coefficient (Wildman–Crippen LogP) is -2.65. The molecule has 0 aromatic rings. The van der Waals surface area contributed by atoms with Crippen molar-refractivity contribution in [1.29, 1.82) is 0 Å². The molecule has 0 aliphatic rings. The summed E-state index contributed by atoms with van der Waals surface area (Å²) in [4.78, 5) is 0. The van der Waals surface area contributed by atoms with Gasteiger partial charge in [0, 0.05) is 0 Å². The summed E-state index contributed by atoms with van der Waals surface area (Å²) < 4.78 is 0.419. The van der Waals surface area contributed by atoms with Crippen LogP contribution in [0.2, 0.25) is 0 Å². The minimum atomic E-state index is 0.419. The molecule has 0 amide bonds. The molecule has 0 spiro atoms. The number of amidine groups is 1. The van der Waals surface area contributed by atoms with Crippen LogP contribution in [0.15, 0.2) is 5.10 Å². The Kier molecular flexibility index (Phi) is 3.72. The van der Waals surface area contributed by atoms with E-state index in [0.717, 1.165) is 0 Å². The predicted molar refractivity (Wildman–Crippen MR) is 27.8 cm³/mol. The summed E-state index contributed by atoms with van der Waals surface area (Å²) in [6.45, 7) is 0. The molecule has 41 valence electrons. The second-order valence-electron chi connectivity index (χ2n) is 0.704. The first-order valence-corrected chi connectivity index (χ1v) is 2.33. The Bertz CT molecular complexity index is 68.5. The SMILES string of the molecule is NN=C([Se])NNN. The van der Waals surface area contributed by atoms with Crippen LogP contribution in [0.1, 0.15) is 0 Å². The van der Waals surface area contributed by atoms with Gasteiger partial charge in [-0.2, -0.15) is 0 Å². The number of nitrogens with one attached hydrogen (secondary N) is 2. The Morgan fingerprint density at radius 3 is 2.43 bits per heavy atom. The van der Waals surface area contributed by atoms with Crippen LogP contribution in [0.4, 0.5) is 0 Å². The topological polar surface area (TPSA) is 88.5 Å². The van der Waals surface area contributed by atoms with Crippen LogP contribution in [-0.4, -0.2) is 20.7 Å². The van der Waals surface area contributed by atoms with Crippen LogP contribution in [0, 0.1) is 0 Å². The summed E-state index contributed by atoms with van der Waals surface area (Å²) in [7, 11) is 0. The molecule has 0 heterocycles. The number of hydrogen-bond donors (Lipinski definition) is 4. The number of hydrogen-bond acceptors (Lipinski definition) is 4. The molecule has 0 saturated carbocycles. The first-order chi connectivity index (χ1) is 3.31. The van der Waals surface area contributed by atoms with Gasteiger partial charge in [-0.1, -0.05) is 0 Å². The van der Waals surface area contributed by atoms with E-state index in [1.54, 1.807) is 0 Å². The summed E-state index contributed by atoms with van der Waals surface area (Å²) in [5, 5.41) is 3.19. The molecule has 6 heteroatoms. The van der Waals surface area contributed by atoms with Gasteiger partial charge >= 0.3 is 48.5 Å². The molecule has 0 aliphatic heterocycles. The Morgan fingerprint density at radius 1 is 1.71 bits per heavy atom. The van der Waals surface area contributed by atoms with Crippen LogP contribution in [0.25, 0.3) is 0 Å². The van der Waals surface area contributed by atoms with Gasteiger partial charge in [-0.15, -0.1) is 0 Å². The van der Waals surface area contributed by atoms with Crippen molar-refractivity contribution in [3.05, 3.63) is 0 Å². The van der Waals surface area contributed by atoms with Crippen LogP contribution in [0.5, 0.6) is 0 Å². The van der Waals surface area contributed by atoms with Gasteiger partial charge in [-0.05, 0) is 0 Å². The maximum atomic E-state index is 4.79. The van der Waals surface area contributed by atoms with E-state index < -0.39 is 0 Å². The van der Waals surface area contributed by atoms with Crippen molar-refractivity contribution in [1.82, 2.24) is 11.0 Å². The van der Waals surface area contributed by atoms with Crippen molar-refractivity contribution in [2.24, 2.45) is 16.8 Å². The molecule has 0 atom stereocenters. The molecule has 0 fully saturated rings. The van der Waals surface area contributed by atoms with Gasteiger partial charge in [0.15, 0.2) is 0 Å². The Hall–Kier alpha value is -0.291. The molecule has 0 unspecified atom stereocenters. The zero-order chi connectivity index (χ0) is 5.70. The number of hydrazone groups is 1. The zero-order valence-corrected chi connectivity index (χ0v) is 5.22. The second kappa shape index (κ2) is 3.88. The molecule has 0 aromatic carbocycles. The molecular formula is CH6N5Se. The quantitative estimate of drug-likeness (QED) is 0.113. The van der Waals surface area contributed by atoms with Crippen LogP contribution < -0.4 is 22.6 Å². The molecule has 6 N–H and O–H groups in total. The normalized spacial score (nSPS) is 11.3. The molecule has 7 heavy (non-hydrogen) atoms. The fourth-order valence-electron chi connectivity index (χ4n) is 0.0940. The molecule has 0 bridgehead atoms. The first-order valence-electron chi connectivity index (χ1n) is 1.47. The van der Waals surface area contributed by atoms with Crippen LogP contribution in [0.3, 0.4) is 0 Å². The summed E-state index contributed by atoms with van der Waals surface area (Å²) in [5.41, 5.74) is 4.52. The Labute approximate surface area is 49.3 Å². The van der Waals surface area contributed by atoms with E-state index in [4.69, 9.17) is 11.7 Å². The standard InChI is InChI=1S/CH6N5Se/c2-4-1(7)5-6-3/h6H,2-3H2,(H,4,5). The average molecular weight is 167 g/mol. The third-order valence-corrected chi connectivity index (χ3v) is 0.732. The minimum absolute atomic E-state index is 0.419. The maximum absolute atomic E-state index is 4.79. The van der Waals surface area contributed by atoms with E-state index in [9.17, 15) is 0 Å². The molecule has 1 radical (unpaired) electrons. The van der Waals surface area contributed by atoms with Crippen LogP contribution >= 0.6 is 0 Å². The van der Waals surface area contributed by atoms with E-state index >= 15 is 0 Å². The molecule has 5 nitrogen and oxygen atoms in total. The van der Waals surface area contributed by atoms with Crippen LogP contribution in [-0.2, 0) is 0 Å². The van der Waals surface area contributed by atoms with Crippen molar-refractivity contribution in [3.63, 3.8) is 0 Å². The van der Waals surface area contributed by atoms with Gasteiger partial charge in [0.05, 0.1) is 0 Å². The fourth-order valence-corrected chi connectivity index (χ4v) is 0.218. The monoisotopic (exact) mass is 168 g/mol. The second-order valence-corrected chi connectivity index (χ2v) is 1.51. The Morgan fingerprint density at radius 2 is 2.29 bits per heavy atom. The van der Waals surface area contributed by atoms with Gasteiger partial charge in [0.1, 0.15) is 0 Å². The van der Waals surface area contributed by atoms with Gasteiger partial charge in [0.25, 0.3) is 0 Å². The molecule has 0 saturated heterocycles. The third kappa shape index (κ3) is 3.54. The van der Waals surface area contributed by atoms with Crippen molar-refractivity contribution < 1.29 is 0 Å².